The fraction of sp³-hybridized carbons (Fsp3) is 0.909. The maximum atomic E-state index is 9.55. The van der Waals surface area contributed by atoms with Gasteiger partial charge >= 0.3 is 0 Å². The van der Waals surface area contributed by atoms with Crippen LogP contribution in [0.2, 0.25) is 0 Å². The number of hydrogen-bond acceptors (Lipinski definition) is 4. The number of nitrogens with two attached hydrogens (primary N) is 1. The van der Waals surface area contributed by atoms with Gasteiger partial charge in [0.2, 0.25) is 0 Å². The largest absolute Gasteiger partial charge is 0.409 e. The predicted molar refractivity (Wildman–Crippen MR) is 63.5 cm³/mol. The van der Waals surface area contributed by atoms with Crippen LogP contribution in [0.25, 0.3) is 0 Å². The molecule has 0 bridgehead atoms. The zero-order chi connectivity index (χ0) is 12.2. The Morgan fingerprint density at radius 1 is 1.50 bits per heavy atom. The third kappa shape index (κ3) is 3.09. The van der Waals surface area contributed by atoms with Gasteiger partial charge in [-0.3, -0.25) is 0 Å². The molecular formula is C11H23N3O2. The van der Waals surface area contributed by atoms with Crippen molar-refractivity contribution in [2.24, 2.45) is 16.3 Å². The molecule has 5 N–H and O–H groups in total. The Hall–Kier alpha value is -0.810. The average Bonchev–Trinajstić information content (AvgIpc) is 2.26. The van der Waals surface area contributed by atoms with Crippen molar-refractivity contribution in [3.05, 3.63) is 0 Å². The summed E-state index contributed by atoms with van der Waals surface area (Å²) in [7, 11) is 0. The fourth-order valence-corrected chi connectivity index (χ4v) is 2.01. The molecule has 1 rings (SSSR count). The first-order valence-electron chi connectivity index (χ1n) is 5.86. The summed E-state index contributed by atoms with van der Waals surface area (Å²) in [6, 6.07) is 0.409. The van der Waals surface area contributed by atoms with Crippen LogP contribution in [0.4, 0.5) is 0 Å². The molecule has 0 aromatic rings. The first kappa shape index (κ1) is 13.3. The number of hydrogen-bond donors (Lipinski definition) is 4. The average molecular weight is 229 g/mol. The third-order valence-electron chi connectivity index (χ3n) is 3.59. The molecule has 2 atom stereocenters. The lowest BCUT2D eigenvalue weighted by molar-refractivity contribution is -0.0722. The molecule has 0 heterocycles. The quantitative estimate of drug-likeness (QED) is 0.177. The molecule has 1 aliphatic carbocycles. The van der Waals surface area contributed by atoms with E-state index >= 15 is 0 Å². The van der Waals surface area contributed by atoms with Gasteiger partial charge < -0.3 is 21.4 Å². The van der Waals surface area contributed by atoms with Crippen molar-refractivity contribution in [3.8, 4) is 0 Å². The number of nitrogens with zero attached hydrogens (tertiary/aromatic N) is 1. The van der Waals surface area contributed by atoms with E-state index in [-0.39, 0.29) is 11.5 Å². The van der Waals surface area contributed by atoms with Gasteiger partial charge in [-0.05, 0) is 25.8 Å². The predicted octanol–water partition coefficient (Wildman–Crippen LogP) is 0.652. The summed E-state index contributed by atoms with van der Waals surface area (Å²) in [6.45, 7) is 5.07. The van der Waals surface area contributed by atoms with E-state index in [0.717, 1.165) is 25.8 Å². The summed E-state index contributed by atoms with van der Waals surface area (Å²) in [6.07, 6.45) is 3.21. The van der Waals surface area contributed by atoms with Gasteiger partial charge in [-0.25, -0.2) is 0 Å². The van der Waals surface area contributed by atoms with E-state index in [1.165, 1.54) is 0 Å². The lowest BCUT2D eigenvalue weighted by Crippen LogP contribution is -2.60. The van der Waals surface area contributed by atoms with Gasteiger partial charge in [0.1, 0.15) is 5.84 Å². The molecule has 0 aromatic carbocycles. The van der Waals surface area contributed by atoms with Crippen LogP contribution < -0.4 is 11.1 Å². The van der Waals surface area contributed by atoms with Crippen molar-refractivity contribution in [2.45, 2.75) is 51.7 Å². The molecule has 0 aliphatic heterocycles. The second kappa shape index (κ2) is 5.50. The topological polar surface area (TPSA) is 90.9 Å². The Morgan fingerprint density at radius 3 is 2.69 bits per heavy atom. The van der Waals surface area contributed by atoms with Crippen LogP contribution in [0.3, 0.4) is 0 Å². The van der Waals surface area contributed by atoms with E-state index in [4.69, 9.17) is 10.9 Å². The summed E-state index contributed by atoms with van der Waals surface area (Å²) in [5.41, 5.74) is 5.35. The smallest absolute Gasteiger partial charge is 0.139 e. The standard InChI is InChI=1S/C11H23N3O2/c1-11(2)8(7-9(11)15)13-6-4-3-5-10(12)14-16/h8-9,13,15-16H,3-7H2,1-2H3,(H2,12,14). The molecular weight excluding hydrogens is 206 g/mol. The van der Waals surface area contributed by atoms with Gasteiger partial charge in [0.25, 0.3) is 0 Å². The number of aliphatic hydroxyl groups excluding tert-OH is 1. The van der Waals surface area contributed by atoms with Gasteiger partial charge in [0.05, 0.1) is 6.10 Å². The first-order valence-corrected chi connectivity index (χ1v) is 5.86. The van der Waals surface area contributed by atoms with Crippen molar-refractivity contribution in [1.82, 2.24) is 5.32 Å². The molecule has 1 aliphatic rings. The Morgan fingerprint density at radius 2 is 2.19 bits per heavy atom. The van der Waals surface area contributed by atoms with Crippen LogP contribution in [-0.2, 0) is 0 Å². The Labute approximate surface area is 96.7 Å². The van der Waals surface area contributed by atoms with E-state index in [2.05, 4.69) is 24.3 Å². The summed E-state index contributed by atoms with van der Waals surface area (Å²) >= 11 is 0. The molecule has 5 heteroatoms. The van der Waals surface area contributed by atoms with Crippen molar-refractivity contribution < 1.29 is 10.3 Å². The summed E-state index contributed by atoms with van der Waals surface area (Å²) in [5.74, 6) is 0.291. The molecule has 0 spiro atoms. The second-order valence-electron chi connectivity index (χ2n) is 5.13. The van der Waals surface area contributed by atoms with Gasteiger partial charge in [-0.1, -0.05) is 19.0 Å². The number of rotatable bonds is 6. The summed E-state index contributed by atoms with van der Waals surface area (Å²) in [5, 5.41) is 24.2. The van der Waals surface area contributed by atoms with Gasteiger partial charge in [-0.2, -0.15) is 0 Å². The highest BCUT2D eigenvalue weighted by Crippen LogP contribution is 2.40. The van der Waals surface area contributed by atoms with E-state index in [9.17, 15) is 5.11 Å². The molecule has 0 aromatic heterocycles. The first-order chi connectivity index (χ1) is 7.48. The number of nitrogens with one attached hydrogen (secondary N) is 1. The molecule has 16 heavy (non-hydrogen) atoms. The highest BCUT2D eigenvalue weighted by molar-refractivity contribution is 5.79. The molecule has 94 valence electrons. The van der Waals surface area contributed by atoms with Crippen LogP contribution in [-0.4, -0.2) is 34.8 Å². The number of oxime groups is 1. The van der Waals surface area contributed by atoms with Gasteiger partial charge in [-0.15, -0.1) is 0 Å². The number of amidine groups is 1. The number of unbranched alkanes of at least 4 members (excludes halogenated alkanes) is 1. The highest BCUT2D eigenvalue weighted by atomic mass is 16.4. The molecule has 5 nitrogen and oxygen atoms in total. The maximum absolute atomic E-state index is 9.55. The van der Waals surface area contributed by atoms with Crippen molar-refractivity contribution >= 4 is 5.84 Å². The van der Waals surface area contributed by atoms with E-state index in [0.29, 0.717) is 18.3 Å². The van der Waals surface area contributed by atoms with Crippen LogP contribution in [0.15, 0.2) is 5.16 Å². The lowest BCUT2D eigenvalue weighted by atomic mass is 9.64. The minimum absolute atomic E-state index is 0.00835. The molecule has 1 saturated carbocycles. The normalized spacial score (nSPS) is 28.8. The zero-order valence-corrected chi connectivity index (χ0v) is 10.1. The van der Waals surface area contributed by atoms with Crippen molar-refractivity contribution in [3.63, 3.8) is 0 Å². The van der Waals surface area contributed by atoms with Crippen LogP contribution >= 0.6 is 0 Å². The Balaban J connectivity index is 2.05. The fourth-order valence-electron chi connectivity index (χ4n) is 2.01. The van der Waals surface area contributed by atoms with Gasteiger partial charge in [0.15, 0.2) is 0 Å². The number of aliphatic hydroxyl groups is 1. The Bertz CT molecular complexity index is 254. The lowest BCUT2D eigenvalue weighted by Gasteiger charge is -2.49. The van der Waals surface area contributed by atoms with Crippen LogP contribution in [0.5, 0.6) is 0 Å². The molecule has 0 amide bonds. The van der Waals surface area contributed by atoms with Crippen molar-refractivity contribution in [1.29, 1.82) is 0 Å². The molecule has 1 fully saturated rings. The maximum Gasteiger partial charge on any atom is 0.139 e. The highest BCUT2D eigenvalue weighted by Gasteiger charge is 2.46. The zero-order valence-electron chi connectivity index (χ0n) is 10.1. The molecule has 0 radical (unpaired) electrons. The summed E-state index contributed by atoms with van der Waals surface area (Å²) in [4.78, 5) is 0. The van der Waals surface area contributed by atoms with Crippen molar-refractivity contribution in [2.75, 3.05) is 6.54 Å². The van der Waals surface area contributed by atoms with E-state index in [1.807, 2.05) is 0 Å². The second-order valence-corrected chi connectivity index (χ2v) is 5.13. The minimum Gasteiger partial charge on any atom is -0.409 e. The van der Waals surface area contributed by atoms with Crippen LogP contribution in [0, 0.1) is 5.41 Å². The monoisotopic (exact) mass is 229 g/mol. The van der Waals surface area contributed by atoms with E-state index < -0.39 is 0 Å². The summed E-state index contributed by atoms with van der Waals surface area (Å²) < 4.78 is 0. The van der Waals surface area contributed by atoms with E-state index in [1.54, 1.807) is 0 Å². The minimum atomic E-state index is -0.179. The Kier molecular flexibility index (Phi) is 4.56. The van der Waals surface area contributed by atoms with Gasteiger partial charge in [0, 0.05) is 17.9 Å². The van der Waals surface area contributed by atoms with Crippen LogP contribution in [0.1, 0.15) is 39.5 Å². The molecule has 0 saturated heterocycles. The SMILES string of the molecule is CC1(C)C(O)CC1NCCCCC(N)=NO. The molecule has 2 unspecified atom stereocenters. The third-order valence-corrected chi connectivity index (χ3v) is 3.59.